The fourth-order valence-electron chi connectivity index (χ4n) is 1.45. The second-order valence-electron chi connectivity index (χ2n) is 4.02. The van der Waals surface area contributed by atoms with E-state index in [9.17, 15) is 4.79 Å². The third kappa shape index (κ3) is 5.89. The van der Waals surface area contributed by atoms with Crippen LogP contribution in [0.4, 0.5) is 0 Å². The molecule has 0 unspecified atom stereocenters. The van der Waals surface area contributed by atoms with Crippen LogP contribution >= 0.6 is 0 Å². The van der Waals surface area contributed by atoms with E-state index in [1.807, 2.05) is 44.2 Å². The van der Waals surface area contributed by atoms with Gasteiger partial charge in [0.25, 0.3) is 0 Å². The summed E-state index contributed by atoms with van der Waals surface area (Å²) in [6.07, 6.45) is 4.04. The molecule has 0 amide bonds. The first-order chi connectivity index (χ1) is 10.2. The van der Waals surface area contributed by atoms with Crippen molar-refractivity contribution in [2.75, 3.05) is 0 Å². The first-order valence-corrected chi connectivity index (χ1v) is 6.74. The van der Waals surface area contributed by atoms with E-state index in [4.69, 9.17) is 4.42 Å². The summed E-state index contributed by atoms with van der Waals surface area (Å²) in [5.74, 6) is 0. The Bertz CT molecular complexity index is 677. The molecule has 0 fully saturated rings. The predicted octanol–water partition coefficient (Wildman–Crippen LogP) is 3.31. The van der Waals surface area contributed by atoms with Crippen molar-refractivity contribution in [1.29, 1.82) is 0 Å². The van der Waals surface area contributed by atoms with E-state index in [0.717, 1.165) is 17.0 Å². The van der Waals surface area contributed by atoms with Crippen molar-refractivity contribution >= 4 is 11.0 Å². The van der Waals surface area contributed by atoms with Gasteiger partial charge in [0.1, 0.15) is 5.56 Å². The van der Waals surface area contributed by atoms with Crippen LogP contribution in [0.1, 0.15) is 27.7 Å². The summed E-state index contributed by atoms with van der Waals surface area (Å²) < 4.78 is 6.24. The maximum Gasteiger partial charge on any atom is 2.00 e. The molecule has 0 saturated heterocycles. The summed E-state index contributed by atoms with van der Waals surface area (Å²) in [5.41, 5.74) is 0.757. The average molecular weight is 466 g/mol. The van der Waals surface area contributed by atoms with Crippen molar-refractivity contribution in [2.24, 2.45) is 0 Å². The molecule has 0 saturated carbocycles. The van der Waals surface area contributed by atoms with Gasteiger partial charge in [-0.05, 0) is 11.8 Å². The molecule has 1 radical (unpaired) electrons. The van der Waals surface area contributed by atoms with Crippen LogP contribution in [0, 0.1) is 12.3 Å². The molecule has 0 N–H and O–H groups in total. The van der Waals surface area contributed by atoms with Gasteiger partial charge in [0.05, 0.1) is 0 Å². The molecule has 115 valence electrons. The Hall–Kier alpha value is -1.82. The Morgan fingerprint density at radius 3 is 2.41 bits per heavy atom. The van der Waals surface area contributed by atoms with Crippen molar-refractivity contribution in [1.82, 2.24) is 15.0 Å². The quantitative estimate of drug-likeness (QED) is 0.517. The molecule has 0 spiro atoms. The van der Waals surface area contributed by atoms with Crippen molar-refractivity contribution < 1.29 is 26.8 Å². The van der Waals surface area contributed by atoms with Gasteiger partial charge in [-0.2, -0.15) is 0 Å². The molecule has 0 aliphatic rings. The Morgan fingerprint density at radius 1 is 1.18 bits per heavy atom. The minimum absolute atomic E-state index is 0. The number of furan rings is 1. The van der Waals surface area contributed by atoms with E-state index >= 15 is 0 Å². The van der Waals surface area contributed by atoms with Gasteiger partial charge in [-0.3, -0.25) is 0 Å². The van der Waals surface area contributed by atoms with Crippen LogP contribution < -0.4 is 5.56 Å². The Kier molecular flexibility index (Phi) is 9.95. The number of nitrogens with zero attached hydrogens (tertiary/aromatic N) is 3. The molecule has 1 aromatic carbocycles. The van der Waals surface area contributed by atoms with Gasteiger partial charge in [0.15, 0.2) is 0 Å². The molecule has 0 aliphatic carbocycles. The van der Waals surface area contributed by atoms with Gasteiger partial charge in [-0.1, -0.05) is 57.2 Å². The monoisotopic (exact) mass is 466 g/mol. The maximum absolute atomic E-state index is 10.9. The zero-order valence-electron chi connectivity index (χ0n) is 13.1. The number of fused-ring (bicyclic) bond motifs is 1. The van der Waals surface area contributed by atoms with E-state index in [1.54, 1.807) is 13.8 Å². The second kappa shape index (κ2) is 10.8. The van der Waals surface area contributed by atoms with E-state index < -0.39 is 0 Å². The Labute approximate surface area is 145 Å². The average Bonchev–Trinajstić information content (AvgIpc) is 2.98. The number of aromatic nitrogens is 3. The fraction of sp³-hybridized carbons (Fsp3) is 0.250. The molecule has 0 atom stereocenters. The second-order valence-corrected chi connectivity index (χ2v) is 4.02. The largest absolute Gasteiger partial charge is 2.00 e. The number of para-hydroxylation sites is 1. The van der Waals surface area contributed by atoms with Gasteiger partial charge in [-0.25, -0.2) is 0 Å². The minimum Gasteiger partial charge on any atom is -0.591 e. The van der Waals surface area contributed by atoms with Gasteiger partial charge in [0, 0.05) is 6.20 Å². The summed E-state index contributed by atoms with van der Waals surface area (Å²) in [6.45, 7) is 7.60. The molecule has 5 nitrogen and oxygen atoms in total. The van der Waals surface area contributed by atoms with Crippen molar-refractivity contribution in [2.45, 2.75) is 27.7 Å². The predicted molar refractivity (Wildman–Crippen MR) is 82.7 cm³/mol. The fourth-order valence-corrected chi connectivity index (χ4v) is 1.45. The third-order valence-corrected chi connectivity index (χ3v) is 2.36. The van der Waals surface area contributed by atoms with Crippen LogP contribution in [0.25, 0.3) is 11.0 Å². The molecular weight excluding hydrogens is 447 g/mol. The van der Waals surface area contributed by atoms with Crippen LogP contribution in [-0.2, 0) is 22.4 Å². The summed E-state index contributed by atoms with van der Waals surface area (Å²) in [6, 6.07) is 11.9. The van der Waals surface area contributed by atoms with Gasteiger partial charge >= 0.3 is 22.4 Å². The van der Waals surface area contributed by atoms with Crippen LogP contribution in [0.15, 0.2) is 51.8 Å². The molecule has 3 rings (SSSR count). The first-order valence-electron chi connectivity index (χ1n) is 6.74. The van der Waals surface area contributed by atoms with Gasteiger partial charge in [-0.15, -0.1) is 28.7 Å². The molecule has 2 aromatic heterocycles. The van der Waals surface area contributed by atoms with Crippen LogP contribution in [-0.4, -0.2) is 15.0 Å². The van der Waals surface area contributed by atoms with Crippen LogP contribution in [0.3, 0.4) is 0 Å². The Balaban J connectivity index is 0.000000347. The first kappa shape index (κ1) is 20.2. The van der Waals surface area contributed by atoms with Crippen molar-refractivity contribution in [3.05, 3.63) is 65.3 Å². The molecule has 6 heteroatoms. The zero-order chi connectivity index (χ0) is 15.7. The van der Waals surface area contributed by atoms with E-state index in [-0.39, 0.29) is 27.9 Å². The van der Waals surface area contributed by atoms with Crippen LogP contribution in [0.5, 0.6) is 0 Å². The molecule has 0 aliphatic heterocycles. The van der Waals surface area contributed by atoms with Crippen molar-refractivity contribution in [3.8, 4) is 0 Å². The SMILES string of the molecule is CC.C[C-](C)n1nnccc1=O.[Ta+2].[c-]1cc2ccccc2o1. The number of hydrogen-bond donors (Lipinski definition) is 0. The van der Waals surface area contributed by atoms with E-state index in [2.05, 4.69) is 16.6 Å². The Morgan fingerprint density at radius 2 is 1.86 bits per heavy atom. The minimum atomic E-state index is -0.144. The number of benzene rings is 1. The summed E-state index contributed by atoms with van der Waals surface area (Å²) in [5, 5.41) is 8.26. The summed E-state index contributed by atoms with van der Waals surface area (Å²) in [7, 11) is 0. The normalized spacial score (nSPS) is 8.73. The van der Waals surface area contributed by atoms with Gasteiger partial charge in [0.2, 0.25) is 0 Å². The summed E-state index contributed by atoms with van der Waals surface area (Å²) in [4.78, 5) is 10.9. The van der Waals surface area contributed by atoms with E-state index in [1.165, 1.54) is 16.9 Å². The van der Waals surface area contributed by atoms with Crippen molar-refractivity contribution in [3.63, 3.8) is 0 Å². The summed E-state index contributed by atoms with van der Waals surface area (Å²) >= 11 is 0. The third-order valence-electron chi connectivity index (χ3n) is 2.36. The topological polar surface area (TPSA) is 60.9 Å². The smallest absolute Gasteiger partial charge is 0.591 e. The van der Waals surface area contributed by atoms with Gasteiger partial charge < -0.3 is 13.9 Å². The van der Waals surface area contributed by atoms with Crippen LogP contribution in [0.2, 0.25) is 0 Å². The molecule has 3 aromatic rings. The molecule has 22 heavy (non-hydrogen) atoms. The molecular formula is C16H19N3O2Ta. The standard InChI is InChI=1S/C8H5O.C6H8N3O.C2H6.Ta/c1-2-4-8-7(3-1)5-6-9-8;1-5(2)9-6(10)3-4-7-8-9;1-2;/h1-5H;3-4H,1-2H3;1-2H3;/q2*-1;;+2. The number of hydrogen-bond acceptors (Lipinski definition) is 4. The maximum atomic E-state index is 10.9. The van der Waals surface area contributed by atoms with E-state index in [0.29, 0.717) is 0 Å². The molecule has 0 bridgehead atoms. The number of rotatable bonds is 1. The molecule has 2 heterocycles. The zero-order valence-corrected chi connectivity index (χ0v) is 16.4.